The monoisotopic (exact) mass is 492 g/mol. The van der Waals surface area contributed by atoms with E-state index < -0.39 is 23.2 Å². The first-order chi connectivity index (χ1) is 11.9. The van der Waals surface area contributed by atoms with Gasteiger partial charge >= 0.3 is 165 Å². The Morgan fingerprint density at radius 2 is 1.48 bits per heavy atom. The van der Waals surface area contributed by atoms with E-state index in [1.54, 1.807) is 20.0 Å². The van der Waals surface area contributed by atoms with E-state index in [9.17, 15) is 0 Å². The third-order valence-electron chi connectivity index (χ3n) is 6.27. The Morgan fingerprint density at radius 3 is 2.07 bits per heavy atom. The van der Waals surface area contributed by atoms with Crippen molar-refractivity contribution >= 4 is 13.6 Å². The van der Waals surface area contributed by atoms with E-state index in [2.05, 4.69) is 94.8 Å². The smallest absolute Gasteiger partial charge is 1.00 e. The van der Waals surface area contributed by atoms with Crippen LogP contribution in [-0.4, -0.2) is 0 Å². The van der Waals surface area contributed by atoms with Gasteiger partial charge in [-0.05, 0) is 0 Å². The second kappa shape index (κ2) is 8.20. The van der Waals surface area contributed by atoms with Crippen molar-refractivity contribution in [3.63, 3.8) is 0 Å². The van der Waals surface area contributed by atoms with Gasteiger partial charge in [0.15, 0.2) is 0 Å². The van der Waals surface area contributed by atoms with Crippen LogP contribution in [0.3, 0.4) is 0 Å². The largest absolute Gasteiger partial charge is 1.00 e. The molecule has 0 saturated heterocycles. The van der Waals surface area contributed by atoms with E-state index in [4.69, 9.17) is 0 Å². The van der Waals surface area contributed by atoms with Crippen LogP contribution in [0.4, 0.5) is 0 Å². The molecule has 2 aromatic rings. The fraction of sp³-hybridized carbons (Fsp3) is 0.304. The molecule has 0 amide bonds. The van der Waals surface area contributed by atoms with Gasteiger partial charge in [-0.3, -0.25) is 0 Å². The zero-order valence-corrected chi connectivity index (χ0v) is 21.3. The number of allylic oxidation sites excluding steroid dienone is 5. The standard InChI is InChI=1S/C13H10P.C10H15.2ClH.Zr/c1-2-6-12-11(5-1)7-8-13(12)14-9-3-4-10-14;1-7-6-10(4,5)9(3)8(7)2;;;/h1-10H;1-5H3;2*1H;/q;;;;+2/p-2. The van der Waals surface area contributed by atoms with Gasteiger partial charge in [0.05, 0.1) is 0 Å². The molecule has 1 unspecified atom stereocenters. The fourth-order valence-corrected chi connectivity index (χ4v) is 13.4. The van der Waals surface area contributed by atoms with E-state index in [1.165, 1.54) is 11.1 Å². The quantitative estimate of drug-likeness (QED) is 0.601. The third-order valence-corrected chi connectivity index (χ3v) is 16.1. The minimum Gasteiger partial charge on any atom is -1.00 e. The molecular weight excluding hydrogens is 469 g/mol. The molecule has 1 aromatic carbocycles. The van der Waals surface area contributed by atoms with Crippen LogP contribution < -0.4 is 24.8 Å². The Balaban J connectivity index is 0.00000131. The molecule has 0 nitrogen and oxygen atoms in total. The molecule has 140 valence electrons. The summed E-state index contributed by atoms with van der Waals surface area (Å²) in [6.45, 7) is 11.9. The minimum absolute atomic E-state index is 0. The van der Waals surface area contributed by atoms with Crippen LogP contribution in [0.5, 0.6) is 0 Å². The summed E-state index contributed by atoms with van der Waals surface area (Å²) in [7, 11) is -0.247. The molecule has 0 aliphatic heterocycles. The topological polar surface area (TPSA) is 0 Å². The molecular formula is C23H25Cl2PZr. The molecule has 2 aliphatic carbocycles. The number of halogens is 2. The first kappa shape index (κ1) is 23.0. The second-order valence-corrected chi connectivity index (χ2v) is 14.7. The molecule has 1 heterocycles. The summed E-state index contributed by atoms with van der Waals surface area (Å²) < 4.78 is 2.07. The molecule has 27 heavy (non-hydrogen) atoms. The summed E-state index contributed by atoms with van der Waals surface area (Å²) in [5.74, 6) is 4.96. The van der Waals surface area contributed by atoms with E-state index >= 15 is 0 Å². The first-order valence-electron chi connectivity index (χ1n) is 8.98. The molecule has 0 bridgehead atoms. The van der Waals surface area contributed by atoms with Gasteiger partial charge in [0.25, 0.3) is 0 Å². The molecule has 1 atom stereocenters. The number of rotatable bonds is 3. The normalized spacial score (nSPS) is 22.3. The van der Waals surface area contributed by atoms with Gasteiger partial charge in [-0.15, -0.1) is 0 Å². The number of hydrogen-bond donors (Lipinski definition) is 0. The molecule has 0 spiro atoms. The molecule has 1 aromatic heterocycles. The van der Waals surface area contributed by atoms with Gasteiger partial charge in [-0.25, -0.2) is 0 Å². The first-order valence-corrected chi connectivity index (χ1v) is 12.9. The Kier molecular flexibility index (Phi) is 6.98. The van der Waals surface area contributed by atoms with Crippen molar-refractivity contribution in [1.29, 1.82) is 0 Å². The summed E-state index contributed by atoms with van der Waals surface area (Å²) in [6, 6.07) is 13.6. The van der Waals surface area contributed by atoms with Crippen molar-refractivity contribution in [2.45, 2.75) is 37.5 Å². The van der Waals surface area contributed by atoms with Crippen LogP contribution in [0.15, 0.2) is 74.1 Å². The van der Waals surface area contributed by atoms with E-state index in [-0.39, 0.29) is 40.6 Å². The van der Waals surface area contributed by atoms with Gasteiger partial charge in [0, 0.05) is 0 Å². The van der Waals surface area contributed by atoms with Crippen LogP contribution in [0.25, 0.3) is 6.08 Å². The molecule has 0 saturated carbocycles. The summed E-state index contributed by atoms with van der Waals surface area (Å²) in [5.41, 5.74) is 7.97. The van der Waals surface area contributed by atoms with Crippen molar-refractivity contribution in [3.8, 4) is 0 Å². The van der Waals surface area contributed by atoms with Gasteiger partial charge in [-0.2, -0.15) is 0 Å². The van der Waals surface area contributed by atoms with Crippen LogP contribution in [0.2, 0.25) is 0 Å². The Hall–Kier alpha value is -0.317. The van der Waals surface area contributed by atoms with E-state index in [0.29, 0.717) is 0 Å². The van der Waals surface area contributed by atoms with Gasteiger partial charge in [0.2, 0.25) is 0 Å². The van der Waals surface area contributed by atoms with Crippen LogP contribution in [0.1, 0.15) is 45.7 Å². The molecule has 0 radical (unpaired) electrons. The maximum atomic E-state index is 2.58. The maximum absolute atomic E-state index is 2.58. The number of hydrogen-bond acceptors (Lipinski definition) is 0. The molecule has 0 fully saturated rings. The zero-order chi connectivity index (χ0) is 17.8. The Bertz CT molecular complexity index is 935. The summed E-state index contributed by atoms with van der Waals surface area (Å²) in [4.78, 5) is 0. The Labute approximate surface area is 188 Å². The van der Waals surface area contributed by atoms with Crippen LogP contribution >= 0.6 is 7.53 Å². The van der Waals surface area contributed by atoms with Gasteiger partial charge < -0.3 is 24.8 Å². The minimum atomic E-state index is -0.885. The van der Waals surface area contributed by atoms with E-state index in [1.807, 2.05) is 0 Å². The third kappa shape index (κ3) is 3.44. The molecule has 2 aliphatic rings. The SMILES string of the molecule is CC1=C(C)C(C)(C)[C]([Zr+2][C]2(p3cccc3)C=Cc3ccccc32)=C1C.[Cl-].[Cl-]. The van der Waals surface area contributed by atoms with Crippen LogP contribution in [-0.2, 0) is 26.1 Å². The van der Waals surface area contributed by atoms with Crippen molar-refractivity contribution in [2.75, 3.05) is 0 Å². The Morgan fingerprint density at radius 1 is 0.852 bits per heavy atom. The van der Waals surface area contributed by atoms with Gasteiger partial charge in [-0.1, -0.05) is 0 Å². The van der Waals surface area contributed by atoms with Crippen LogP contribution in [0, 0.1) is 5.41 Å². The molecule has 4 heteroatoms. The predicted octanol–water partition coefficient (Wildman–Crippen LogP) is 1.14. The fourth-order valence-electron chi connectivity index (χ4n) is 4.29. The summed E-state index contributed by atoms with van der Waals surface area (Å²) in [6.07, 6.45) is 4.97. The van der Waals surface area contributed by atoms with Crippen molar-refractivity contribution in [2.24, 2.45) is 5.41 Å². The average molecular weight is 495 g/mol. The van der Waals surface area contributed by atoms with E-state index in [0.717, 1.165) is 0 Å². The van der Waals surface area contributed by atoms with Crippen molar-refractivity contribution in [1.82, 2.24) is 0 Å². The zero-order valence-electron chi connectivity index (χ0n) is 16.5. The summed E-state index contributed by atoms with van der Waals surface area (Å²) >= 11 is -0.885. The second-order valence-electron chi connectivity index (χ2n) is 7.78. The summed E-state index contributed by atoms with van der Waals surface area (Å²) in [5, 5.41) is 0. The maximum Gasteiger partial charge on any atom is -1.00 e. The van der Waals surface area contributed by atoms with Crippen molar-refractivity contribution < 1.29 is 48.0 Å². The predicted molar refractivity (Wildman–Crippen MR) is 107 cm³/mol. The van der Waals surface area contributed by atoms with Crippen molar-refractivity contribution in [3.05, 3.63) is 85.2 Å². The average Bonchev–Trinajstić information content (AvgIpc) is 3.29. The molecule has 4 rings (SSSR count). The van der Waals surface area contributed by atoms with Gasteiger partial charge in [0.1, 0.15) is 0 Å². The molecule has 0 N–H and O–H groups in total. The number of fused-ring (bicyclic) bond motifs is 1. The number of benzene rings is 1.